The van der Waals surface area contributed by atoms with E-state index < -0.39 is 0 Å². The van der Waals surface area contributed by atoms with Crippen LogP contribution in [0.15, 0.2) is 60.0 Å². The first kappa shape index (κ1) is 12.9. The van der Waals surface area contributed by atoms with Gasteiger partial charge in [0.15, 0.2) is 11.0 Å². The molecule has 0 saturated carbocycles. The van der Waals surface area contributed by atoms with Crippen LogP contribution in [0.4, 0.5) is 0 Å². The van der Waals surface area contributed by atoms with Crippen molar-refractivity contribution in [1.82, 2.24) is 19.7 Å². The van der Waals surface area contributed by atoms with Gasteiger partial charge in [-0.25, -0.2) is 0 Å². The second-order valence-corrected chi connectivity index (χ2v) is 5.32. The third kappa shape index (κ3) is 2.72. The summed E-state index contributed by atoms with van der Waals surface area (Å²) in [6.07, 6.45) is 3.53. The molecular formula is C15H14N4S. The van der Waals surface area contributed by atoms with Crippen molar-refractivity contribution >= 4 is 11.8 Å². The van der Waals surface area contributed by atoms with E-state index in [0.717, 1.165) is 22.3 Å². The van der Waals surface area contributed by atoms with Crippen molar-refractivity contribution < 1.29 is 0 Å². The lowest BCUT2D eigenvalue weighted by atomic mass is 10.2. The Morgan fingerprint density at radius 2 is 1.75 bits per heavy atom. The van der Waals surface area contributed by atoms with Gasteiger partial charge in [-0.05, 0) is 17.7 Å². The van der Waals surface area contributed by atoms with Crippen LogP contribution in [0, 0.1) is 0 Å². The van der Waals surface area contributed by atoms with E-state index in [-0.39, 0.29) is 0 Å². The molecule has 100 valence electrons. The molecule has 2 aromatic heterocycles. The molecule has 20 heavy (non-hydrogen) atoms. The molecule has 1 aromatic carbocycles. The van der Waals surface area contributed by atoms with E-state index in [1.807, 2.05) is 29.8 Å². The van der Waals surface area contributed by atoms with Gasteiger partial charge in [-0.15, -0.1) is 10.2 Å². The molecule has 0 unspecified atom stereocenters. The minimum atomic E-state index is 0.864. The van der Waals surface area contributed by atoms with E-state index in [2.05, 4.69) is 39.4 Å². The Hall–Kier alpha value is -2.14. The lowest BCUT2D eigenvalue weighted by Crippen LogP contribution is -1.95. The summed E-state index contributed by atoms with van der Waals surface area (Å²) in [5, 5.41) is 9.44. The van der Waals surface area contributed by atoms with Gasteiger partial charge in [0, 0.05) is 30.8 Å². The number of benzene rings is 1. The minimum Gasteiger partial charge on any atom is -0.305 e. The first-order chi connectivity index (χ1) is 9.84. The number of aromatic nitrogens is 4. The third-order valence-corrected chi connectivity index (χ3v) is 4.08. The van der Waals surface area contributed by atoms with Crippen LogP contribution in [0.2, 0.25) is 0 Å². The van der Waals surface area contributed by atoms with Gasteiger partial charge in [-0.2, -0.15) is 0 Å². The molecule has 0 bridgehead atoms. The fourth-order valence-electron chi connectivity index (χ4n) is 1.92. The summed E-state index contributed by atoms with van der Waals surface area (Å²) in [6, 6.07) is 14.2. The average Bonchev–Trinajstić information content (AvgIpc) is 2.88. The van der Waals surface area contributed by atoms with Crippen molar-refractivity contribution in [3.63, 3.8) is 0 Å². The Bertz CT molecular complexity index is 680. The maximum Gasteiger partial charge on any atom is 0.191 e. The fourth-order valence-corrected chi connectivity index (χ4v) is 2.78. The summed E-state index contributed by atoms with van der Waals surface area (Å²) in [7, 11) is 1.99. The Morgan fingerprint density at radius 3 is 2.50 bits per heavy atom. The van der Waals surface area contributed by atoms with Gasteiger partial charge < -0.3 is 4.57 Å². The molecule has 0 spiro atoms. The molecule has 0 aliphatic rings. The second-order valence-electron chi connectivity index (χ2n) is 4.38. The minimum absolute atomic E-state index is 0.864. The van der Waals surface area contributed by atoms with Gasteiger partial charge in [0.25, 0.3) is 0 Å². The lowest BCUT2D eigenvalue weighted by Gasteiger charge is -2.03. The van der Waals surface area contributed by atoms with Gasteiger partial charge in [-0.3, -0.25) is 4.98 Å². The molecule has 0 radical (unpaired) electrons. The third-order valence-electron chi connectivity index (χ3n) is 2.98. The van der Waals surface area contributed by atoms with Crippen molar-refractivity contribution in [2.45, 2.75) is 10.9 Å². The van der Waals surface area contributed by atoms with Crippen LogP contribution >= 0.6 is 11.8 Å². The smallest absolute Gasteiger partial charge is 0.191 e. The molecule has 2 heterocycles. The zero-order valence-corrected chi connectivity index (χ0v) is 11.9. The van der Waals surface area contributed by atoms with E-state index in [4.69, 9.17) is 0 Å². The zero-order chi connectivity index (χ0) is 13.8. The summed E-state index contributed by atoms with van der Waals surface area (Å²) in [6.45, 7) is 0. The van der Waals surface area contributed by atoms with Crippen molar-refractivity contribution in [3.05, 3.63) is 60.4 Å². The maximum atomic E-state index is 4.26. The monoisotopic (exact) mass is 282 g/mol. The van der Waals surface area contributed by atoms with E-state index in [0.29, 0.717) is 0 Å². The van der Waals surface area contributed by atoms with Gasteiger partial charge in [0.2, 0.25) is 0 Å². The quantitative estimate of drug-likeness (QED) is 0.689. The summed E-state index contributed by atoms with van der Waals surface area (Å²) in [5.74, 6) is 1.76. The SMILES string of the molecule is Cn1c(SCc2ccccc2)nnc1-c1ccncc1. The molecular weight excluding hydrogens is 268 g/mol. The maximum absolute atomic E-state index is 4.26. The van der Waals surface area contributed by atoms with Gasteiger partial charge >= 0.3 is 0 Å². The number of hydrogen-bond acceptors (Lipinski definition) is 4. The number of rotatable bonds is 4. The number of nitrogens with zero attached hydrogens (tertiary/aromatic N) is 4. The molecule has 0 saturated heterocycles. The van der Waals surface area contributed by atoms with Crippen LogP contribution in [0.3, 0.4) is 0 Å². The first-order valence-corrected chi connectivity index (χ1v) is 7.29. The predicted molar refractivity (Wildman–Crippen MR) is 80.2 cm³/mol. The molecule has 0 atom stereocenters. The van der Waals surface area contributed by atoms with Gasteiger partial charge in [0.05, 0.1) is 0 Å². The number of hydrogen-bond donors (Lipinski definition) is 0. The van der Waals surface area contributed by atoms with E-state index in [1.165, 1.54) is 5.56 Å². The highest BCUT2D eigenvalue weighted by Crippen LogP contribution is 2.24. The first-order valence-electron chi connectivity index (χ1n) is 6.31. The second kappa shape index (κ2) is 5.88. The van der Waals surface area contributed by atoms with Crippen molar-refractivity contribution in [2.24, 2.45) is 7.05 Å². The molecule has 0 fully saturated rings. The summed E-state index contributed by atoms with van der Waals surface area (Å²) in [4.78, 5) is 4.02. The van der Waals surface area contributed by atoms with E-state index in [9.17, 15) is 0 Å². The molecule has 0 aliphatic heterocycles. The zero-order valence-electron chi connectivity index (χ0n) is 11.1. The Morgan fingerprint density at radius 1 is 1.00 bits per heavy atom. The van der Waals surface area contributed by atoms with Crippen LogP contribution < -0.4 is 0 Å². The summed E-state index contributed by atoms with van der Waals surface area (Å²) >= 11 is 1.69. The Balaban J connectivity index is 1.78. The topological polar surface area (TPSA) is 43.6 Å². The molecule has 4 nitrogen and oxygen atoms in total. The average molecular weight is 282 g/mol. The predicted octanol–water partition coefficient (Wildman–Crippen LogP) is 3.17. The van der Waals surface area contributed by atoms with Crippen LogP contribution in [0.1, 0.15) is 5.56 Å². The molecule has 3 aromatic rings. The van der Waals surface area contributed by atoms with Crippen LogP contribution in [0.5, 0.6) is 0 Å². The molecule has 3 rings (SSSR count). The molecule has 5 heteroatoms. The molecule has 0 amide bonds. The highest BCUT2D eigenvalue weighted by molar-refractivity contribution is 7.98. The Labute approximate surface area is 121 Å². The molecule has 0 aliphatic carbocycles. The van der Waals surface area contributed by atoms with Crippen molar-refractivity contribution in [3.8, 4) is 11.4 Å². The Kier molecular flexibility index (Phi) is 3.78. The van der Waals surface area contributed by atoms with Gasteiger partial charge in [0.1, 0.15) is 0 Å². The number of thioether (sulfide) groups is 1. The largest absolute Gasteiger partial charge is 0.305 e. The lowest BCUT2D eigenvalue weighted by molar-refractivity contribution is 0.793. The number of pyridine rings is 1. The van der Waals surface area contributed by atoms with Gasteiger partial charge in [-0.1, -0.05) is 42.1 Å². The summed E-state index contributed by atoms with van der Waals surface area (Å²) in [5.41, 5.74) is 2.31. The fraction of sp³-hybridized carbons (Fsp3) is 0.133. The van der Waals surface area contributed by atoms with E-state index >= 15 is 0 Å². The van der Waals surface area contributed by atoms with Crippen LogP contribution in [0.25, 0.3) is 11.4 Å². The highest BCUT2D eigenvalue weighted by Gasteiger charge is 2.10. The molecule has 0 N–H and O–H groups in total. The normalized spacial score (nSPS) is 10.7. The van der Waals surface area contributed by atoms with Crippen LogP contribution in [-0.2, 0) is 12.8 Å². The van der Waals surface area contributed by atoms with Crippen molar-refractivity contribution in [2.75, 3.05) is 0 Å². The summed E-state index contributed by atoms with van der Waals surface area (Å²) < 4.78 is 2.02. The van der Waals surface area contributed by atoms with E-state index in [1.54, 1.807) is 24.2 Å². The van der Waals surface area contributed by atoms with Crippen molar-refractivity contribution in [1.29, 1.82) is 0 Å². The van der Waals surface area contributed by atoms with Crippen LogP contribution in [-0.4, -0.2) is 19.7 Å². The standard InChI is InChI=1S/C15H14N4S/c1-19-14(13-7-9-16-10-8-13)17-18-15(19)20-11-12-5-3-2-4-6-12/h2-10H,11H2,1H3. The highest BCUT2D eigenvalue weighted by atomic mass is 32.2.